The summed E-state index contributed by atoms with van der Waals surface area (Å²) in [5.74, 6) is -0.0582. The molecule has 73 heavy (non-hydrogen) atoms. The average molecular weight is 1030 g/mol. The molecular formula is C67H127NO5. The number of carbonyl (C=O) groups is 2. The number of hydrogen-bond acceptors (Lipinski definition) is 5. The van der Waals surface area contributed by atoms with Gasteiger partial charge in [0.2, 0.25) is 5.91 Å². The second-order valence-corrected chi connectivity index (χ2v) is 22.5. The Labute approximate surface area is 455 Å². The second-order valence-electron chi connectivity index (χ2n) is 22.5. The number of allylic oxidation sites excluding steroid dienone is 6. The Kier molecular flexibility index (Phi) is 61.0. The van der Waals surface area contributed by atoms with Crippen LogP contribution < -0.4 is 5.32 Å². The molecule has 0 aromatic heterocycles. The van der Waals surface area contributed by atoms with Gasteiger partial charge in [0.15, 0.2) is 0 Å². The maximum Gasteiger partial charge on any atom is 0.305 e. The van der Waals surface area contributed by atoms with E-state index in [9.17, 15) is 19.8 Å². The number of hydrogen-bond donors (Lipinski definition) is 3. The number of esters is 1. The molecule has 0 saturated heterocycles. The summed E-state index contributed by atoms with van der Waals surface area (Å²) in [5, 5.41) is 23.4. The third-order valence-corrected chi connectivity index (χ3v) is 15.2. The topological polar surface area (TPSA) is 95.9 Å². The molecule has 0 aliphatic rings. The number of unbranched alkanes of at least 4 members (excludes halogenated alkanes) is 45. The molecule has 0 aliphatic heterocycles. The van der Waals surface area contributed by atoms with Gasteiger partial charge >= 0.3 is 5.97 Å². The van der Waals surface area contributed by atoms with Crippen LogP contribution in [0, 0.1) is 0 Å². The molecule has 0 spiro atoms. The van der Waals surface area contributed by atoms with E-state index in [-0.39, 0.29) is 18.5 Å². The maximum atomic E-state index is 12.5. The normalized spacial score (nSPS) is 12.8. The molecule has 0 aliphatic carbocycles. The predicted octanol–water partition coefficient (Wildman–Crippen LogP) is 20.8. The summed E-state index contributed by atoms with van der Waals surface area (Å²) in [4.78, 5) is 24.6. The first-order valence-corrected chi connectivity index (χ1v) is 32.8. The van der Waals surface area contributed by atoms with Crippen LogP contribution in [0.2, 0.25) is 0 Å². The van der Waals surface area contributed by atoms with E-state index >= 15 is 0 Å². The number of carbonyl (C=O) groups excluding carboxylic acids is 2. The summed E-state index contributed by atoms with van der Waals surface area (Å²) in [7, 11) is 0. The molecule has 0 fully saturated rings. The minimum Gasteiger partial charge on any atom is -0.466 e. The van der Waals surface area contributed by atoms with Gasteiger partial charge in [-0.2, -0.15) is 0 Å². The second kappa shape index (κ2) is 62.6. The van der Waals surface area contributed by atoms with Crippen LogP contribution >= 0.6 is 0 Å². The van der Waals surface area contributed by atoms with E-state index < -0.39 is 12.1 Å². The molecule has 0 radical (unpaired) electrons. The summed E-state index contributed by atoms with van der Waals surface area (Å²) in [6.07, 6.45) is 78.7. The molecule has 2 unspecified atom stereocenters. The van der Waals surface area contributed by atoms with E-state index in [0.29, 0.717) is 25.9 Å². The monoisotopic (exact) mass is 1030 g/mol. The molecule has 0 aromatic carbocycles. The van der Waals surface area contributed by atoms with Crippen LogP contribution in [-0.2, 0) is 14.3 Å². The zero-order chi connectivity index (χ0) is 52.9. The number of aliphatic hydroxyl groups excluding tert-OH is 2. The Bertz CT molecular complexity index is 1180. The highest BCUT2D eigenvalue weighted by Gasteiger charge is 2.20. The molecule has 2 atom stereocenters. The van der Waals surface area contributed by atoms with E-state index in [2.05, 4.69) is 55.6 Å². The first-order chi connectivity index (χ1) is 36.0. The summed E-state index contributed by atoms with van der Waals surface area (Å²) in [6, 6.07) is -0.551. The van der Waals surface area contributed by atoms with Crippen LogP contribution in [0.25, 0.3) is 0 Å². The van der Waals surface area contributed by atoms with Gasteiger partial charge < -0.3 is 20.3 Å². The van der Waals surface area contributed by atoms with Gasteiger partial charge in [0.05, 0.1) is 25.4 Å². The van der Waals surface area contributed by atoms with Crippen molar-refractivity contribution in [3.8, 4) is 0 Å². The largest absolute Gasteiger partial charge is 0.466 e. The number of ether oxygens (including phenoxy) is 1. The fourth-order valence-electron chi connectivity index (χ4n) is 10.2. The summed E-state index contributed by atoms with van der Waals surface area (Å²) < 4.78 is 5.47. The molecule has 3 N–H and O–H groups in total. The Morgan fingerprint density at radius 3 is 1.05 bits per heavy atom. The van der Waals surface area contributed by atoms with Crippen LogP contribution in [0.1, 0.15) is 354 Å². The SMILES string of the molecule is CCCCCCCC/C=C\CCCCCCCCCC(=O)OCCCCC/C=C\C=C/CCCCCCCCCCCCC(=O)NC(CO)C(O)CCCCCCCCCCCCCCCCCCCCCC. The zero-order valence-electron chi connectivity index (χ0n) is 49.1. The molecule has 0 bridgehead atoms. The van der Waals surface area contributed by atoms with Crippen LogP contribution in [0.4, 0.5) is 0 Å². The van der Waals surface area contributed by atoms with Crippen LogP contribution in [0.3, 0.4) is 0 Å². The molecule has 0 aromatic rings. The van der Waals surface area contributed by atoms with Gasteiger partial charge in [0.1, 0.15) is 0 Å². The Balaban J connectivity index is 3.47. The molecule has 430 valence electrons. The number of nitrogens with one attached hydrogen (secondary N) is 1. The minimum atomic E-state index is -0.673. The average Bonchev–Trinajstić information content (AvgIpc) is 3.39. The molecule has 1 amide bonds. The van der Waals surface area contributed by atoms with E-state index in [1.54, 1.807) is 0 Å². The molecule has 0 saturated carbocycles. The van der Waals surface area contributed by atoms with Gasteiger partial charge in [-0.3, -0.25) is 9.59 Å². The lowest BCUT2D eigenvalue weighted by Crippen LogP contribution is -2.45. The molecule has 0 rings (SSSR count). The van der Waals surface area contributed by atoms with Gasteiger partial charge in [-0.25, -0.2) is 0 Å². The van der Waals surface area contributed by atoms with Crippen LogP contribution in [0.5, 0.6) is 0 Å². The molecule has 6 heteroatoms. The van der Waals surface area contributed by atoms with Crippen molar-refractivity contribution in [2.45, 2.75) is 366 Å². The minimum absolute atomic E-state index is 0.0161. The first kappa shape index (κ1) is 71.1. The summed E-state index contributed by atoms with van der Waals surface area (Å²) in [5.41, 5.74) is 0. The molecular weight excluding hydrogens is 899 g/mol. The lowest BCUT2D eigenvalue weighted by atomic mass is 10.0. The van der Waals surface area contributed by atoms with Gasteiger partial charge in [-0.05, 0) is 83.5 Å². The number of rotatable bonds is 61. The van der Waals surface area contributed by atoms with Crippen molar-refractivity contribution in [2.75, 3.05) is 13.2 Å². The van der Waals surface area contributed by atoms with Crippen LogP contribution in [0.15, 0.2) is 36.5 Å². The summed E-state index contributed by atoms with van der Waals surface area (Å²) in [6.45, 7) is 4.93. The highest BCUT2D eigenvalue weighted by molar-refractivity contribution is 5.76. The van der Waals surface area contributed by atoms with Crippen LogP contribution in [-0.4, -0.2) is 47.4 Å². The quantitative estimate of drug-likeness (QED) is 0.0244. The Hall–Kier alpha value is -1.92. The lowest BCUT2D eigenvalue weighted by molar-refractivity contribution is -0.143. The number of aliphatic hydroxyl groups is 2. The van der Waals surface area contributed by atoms with Gasteiger partial charge in [-0.1, -0.05) is 294 Å². The third kappa shape index (κ3) is 59.2. The fourth-order valence-corrected chi connectivity index (χ4v) is 10.2. The third-order valence-electron chi connectivity index (χ3n) is 15.2. The maximum absolute atomic E-state index is 12.5. The van der Waals surface area contributed by atoms with Crippen molar-refractivity contribution >= 4 is 11.9 Å². The highest BCUT2D eigenvalue weighted by Crippen LogP contribution is 2.18. The fraction of sp³-hybridized carbons (Fsp3) is 0.881. The van der Waals surface area contributed by atoms with E-state index in [4.69, 9.17) is 4.74 Å². The Morgan fingerprint density at radius 2 is 0.685 bits per heavy atom. The Morgan fingerprint density at radius 1 is 0.384 bits per heavy atom. The van der Waals surface area contributed by atoms with Gasteiger partial charge in [0, 0.05) is 12.8 Å². The highest BCUT2D eigenvalue weighted by atomic mass is 16.5. The van der Waals surface area contributed by atoms with E-state index in [0.717, 1.165) is 70.6 Å². The van der Waals surface area contributed by atoms with Crippen molar-refractivity contribution in [2.24, 2.45) is 0 Å². The standard InChI is InChI=1S/C67H127NO5/c1-3-5-7-9-11-13-15-17-19-21-22-24-28-31-35-39-43-47-51-55-59-65(70)64(63-69)68-66(71)60-56-52-48-44-40-36-32-29-25-23-26-30-34-38-42-46-50-54-58-62-73-67(72)61-57-53-49-45-41-37-33-27-20-18-16-14-12-10-8-6-4-2/h18,20,30,34,38,42,64-65,69-70H,3-17,19,21-29,31-33,35-37,39-41,43-63H2,1-2H3,(H,68,71)/b20-18-,34-30-,42-38-. The van der Waals surface area contributed by atoms with E-state index in [1.807, 2.05) is 0 Å². The van der Waals surface area contributed by atoms with Crippen molar-refractivity contribution in [1.82, 2.24) is 5.32 Å². The van der Waals surface area contributed by atoms with Crippen molar-refractivity contribution < 1.29 is 24.5 Å². The van der Waals surface area contributed by atoms with Crippen molar-refractivity contribution in [1.29, 1.82) is 0 Å². The van der Waals surface area contributed by atoms with Crippen molar-refractivity contribution in [3.05, 3.63) is 36.5 Å². The van der Waals surface area contributed by atoms with Gasteiger partial charge in [0.25, 0.3) is 0 Å². The smallest absolute Gasteiger partial charge is 0.305 e. The molecule has 6 nitrogen and oxygen atoms in total. The van der Waals surface area contributed by atoms with E-state index in [1.165, 1.54) is 250 Å². The predicted molar refractivity (Wildman–Crippen MR) is 319 cm³/mol. The lowest BCUT2D eigenvalue weighted by Gasteiger charge is -2.22. The zero-order valence-corrected chi connectivity index (χ0v) is 49.1. The molecule has 0 heterocycles. The van der Waals surface area contributed by atoms with Gasteiger partial charge in [-0.15, -0.1) is 0 Å². The van der Waals surface area contributed by atoms with Crippen molar-refractivity contribution in [3.63, 3.8) is 0 Å². The first-order valence-electron chi connectivity index (χ1n) is 32.8. The number of amides is 1. The summed E-state index contributed by atoms with van der Waals surface area (Å²) >= 11 is 0.